The van der Waals surface area contributed by atoms with Gasteiger partial charge in [-0.15, -0.1) is 0 Å². The summed E-state index contributed by atoms with van der Waals surface area (Å²) in [6.07, 6.45) is 10.6. The summed E-state index contributed by atoms with van der Waals surface area (Å²) in [7, 11) is 0. The summed E-state index contributed by atoms with van der Waals surface area (Å²) in [6, 6.07) is 0. The van der Waals surface area contributed by atoms with E-state index in [4.69, 9.17) is 0 Å². The third-order valence-electron chi connectivity index (χ3n) is 2.76. The highest BCUT2D eigenvalue weighted by Gasteiger charge is 2.22. The Labute approximate surface area is 86.9 Å². The van der Waals surface area contributed by atoms with Crippen molar-refractivity contribution in [2.75, 3.05) is 0 Å². The number of hydrogen-bond donors (Lipinski definition) is 0. The second kappa shape index (κ2) is 5.79. The molecule has 1 unspecified atom stereocenters. The number of rotatable bonds is 5. The maximum absolute atomic E-state index is 11.3. The van der Waals surface area contributed by atoms with Crippen molar-refractivity contribution in [1.29, 1.82) is 0 Å². The van der Waals surface area contributed by atoms with Crippen molar-refractivity contribution in [3.63, 3.8) is 0 Å². The van der Waals surface area contributed by atoms with Crippen LogP contribution in [-0.4, -0.2) is 5.78 Å². The van der Waals surface area contributed by atoms with Crippen molar-refractivity contribution in [1.82, 2.24) is 0 Å². The van der Waals surface area contributed by atoms with E-state index in [1.165, 1.54) is 0 Å². The highest BCUT2D eigenvalue weighted by Crippen LogP contribution is 2.25. The lowest BCUT2D eigenvalue weighted by Gasteiger charge is -2.04. The molecule has 1 fully saturated rings. The molecule has 0 aromatic heterocycles. The number of carbonyl (C=O) groups excluding carboxylic acids is 1. The number of allylic oxidation sites excluding steroid dienone is 3. The molecule has 0 saturated heterocycles. The van der Waals surface area contributed by atoms with Gasteiger partial charge in [0.05, 0.1) is 0 Å². The zero-order valence-electron chi connectivity index (χ0n) is 9.09. The molecular weight excluding hydrogens is 172 g/mol. The first-order chi connectivity index (χ1) is 6.70. The fourth-order valence-electron chi connectivity index (χ4n) is 1.96. The summed E-state index contributed by atoms with van der Waals surface area (Å²) < 4.78 is 0. The van der Waals surface area contributed by atoms with Gasteiger partial charge in [-0.1, -0.05) is 24.3 Å². The van der Waals surface area contributed by atoms with Crippen LogP contribution < -0.4 is 0 Å². The number of hydrogen-bond acceptors (Lipinski definition) is 1. The molecule has 0 N–H and O–H groups in total. The van der Waals surface area contributed by atoms with Crippen molar-refractivity contribution in [3.05, 3.63) is 24.3 Å². The van der Waals surface area contributed by atoms with Gasteiger partial charge in [-0.3, -0.25) is 4.79 Å². The van der Waals surface area contributed by atoms with Gasteiger partial charge < -0.3 is 0 Å². The van der Waals surface area contributed by atoms with E-state index in [0.717, 1.165) is 44.1 Å². The van der Waals surface area contributed by atoms with E-state index >= 15 is 0 Å². The van der Waals surface area contributed by atoms with Crippen molar-refractivity contribution in [2.24, 2.45) is 5.92 Å². The molecule has 1 heteroatoms. The number of Topliss-reactive ketones (excluding diaryl/α,β-unsaturated/α-hetero) is 1. The monoisotopic (exact) mass is 192 g/mol. The molecule has 78 valence electrons. The van der Waals surface area contributed by atoms with Crippen molar-refractivity contribution < 1.29 is 4.79 Å². The molecule has 0 spiro atoms. The second-order valence-corrected chi connectivity index (χ2v) is 4.24. The molecule has 14 heavy (non-hydrogen) atoms. The Kier molecular flexibility index (Phi) is 4.64. The first-order valence-electron chi connectivity index (χ1n) is 5.55. The molecule has 1 atom stereocenters. The second-order valence-electron chi connectivity index (χ2n) is 4.24. The van der Waals surface area contributed by atoms with Gasteiger partial charge in [0.2, 0.25) is 0 Å². The Morgan fingerprint density at radius 1 is 1.64 bits per heavy atom. The SMILES string of the molecule is C=C(C)/C=C/CCCC1CCCC1=O. The molecule has 1 aliphatic rings. The highest BCUT2D eigenvalue weighted by atomic mass is 16.1. The van der Waals surface area contributed by atoms with E-state index in [2.05, 4.69) is 18.7 Å². The van der Waals surface area contributed by atoms with Crippen LogP contribution in [0.1, 0.15) is 45.4 Å². The first-order valence-corrected chi connectivity index (χ1v) is 5.55. The maximum Gasteiger partial charge on any atom is 0.135 e. The van der Waals surface area contributed by atoms with Crippen LogP contribution in [0.5, 0.6) is 0 Å². The van der Waals surface area contributed by atoms with Crippen LogP contribution in [0, 0.1) is 5.92 Å². The van der Waals surface area contributed by atoms with Gasteiger partial charge in [0.1, 0.15) is 5.78 Å². The van der Waals surface area contributed by atoms with Gasteiger partial charge in [0.15, 0.2) is 0 Å². The normalized spacial score (nSPS) is 22.1. The van der Waals surface area contributed by atoms with Gasteiger partial charge >= 0.3 is 0 Å². The van der Waals surface area contributed by atoms with Gasteiger partial charge in [0.25, 0.3) is 0 Å². The molecule has 0 heterocycles. The van der Waals surface area contributed by atoms with Crippen LogP contribution in [0.25, 0.3) is 0 Å². The fourth-order valence-corrected chi connectivity index (χ4v) is 1.96. The van der Waals surface area contributed by atoms with E-state index < -0.39 is 0 Å². The Hall–Kier alpha value is -0.850. The molecule has 1 aliphatic carbocycles. The molecule has 0 aromatic carbocycles. The molecule has 0 radical (unpaired) electrons. The molecule has 0 amide bonds. The Morgan fingerprint density at radius 3 is 3.00 bits per heavy atom. The minimum atomic E-state index is 0.383. The van der Waals surface area contributed by atoms with Crippen molar-refractivity contribution in [2.45, 2.75) is 45.4 Å². The number of carbonyl (C=O) groups is 1. The van der Waals surface area contributed by atoms with Gasteiger partial charge in [-0.05, 0) is 39.0 Å². The van der Waals surface area contributed by atoms with E-state index in [0.29, 0.717) is 11.7 Å². The summed E-state index contributed by atoms with van der Waals surface area (Å²) in [4.78, 5) is 11.3. The number of ketones is 1. The summed E-state index contributed by atoms with van der Waals surface area (Å²) in [6.45, 7) is 5.80. The van der Waals surface area contributed by atoms with Gasteiger partial charge in [-0.2, -0.15) is 0 Å². The average Bonchev–Trinajstić information content (AvgIpc) is 2.51. The standard InChI is InChI=1S/C13H20O/c1-11(2)7-4-3-5-8-12-9-6-10-13(12)14/h4,7,12H,1,3,5-6,8-10H2,2H3/b7-4+. The smallest absolute Gasteiger partial charge is 0.135 e. The average molecular weight is 192 g/mol. The topological polar surface area (TPSA) is 17.1 Å². The van der Waals surface area contributed by atoms with Crippen molar-refractivity contribution >= 4 is 5.78 Å². The van der Waals surface area contributed by atoms with Gasteiger partial charge in [-0.25, -0.2) is 0 Å². The predicted molar refractivity (Wildman–Crippen MR) is 60.2 cm³/mol. The lowest BCUT2D eigenvalue weighted by molar-refractivity contribution is -0.120. The van der Waals surface area contributed by atoms with E-state index in [1.807, 2.05) is 6.92 Å². The minimum absolute atomic E-state index is 0.383. The van der Waals surface area contributed by atoms with Crippen LogP contribution in [-0.2, 0) is 4.79 Å². The minimum Gasteiger partial charge on any atom is -0.299 e. The van der Waals surface area contributed by atoms with Crippen LogP contribution >= 0.6 is 0 Å². The molecule has 1 nitrogen and oxygen atoms in total. The quantitative estimate of drug-likeness (QED) is 0.480. The predicted octanol–water partition coefficient (Wildman–Crippen LogP) is 3.66. The lowest BCUT2D eigenvalue weighted by Crippen LogP contribution is -2.05. The van der Waals surface area contributed by atoms with E-state index in [-0.39, 0.29) is 0 Å². The van der Waals surface area contributed by atoms with Crippen molar-refractivity contribution in [3.8, 4) is 0 Å². The third kappa shape index (κ3) is 3.91. The maximum atomic E-state index is 11.3. The van der Waals surface area contributed by atoms with Crippen LogP contribution in [0.2, 0.25) is 0 Å². The summed E-state index contributed by atoms with van der Waals surface area (Å²) in [5.74, 6) is 0.877. The fraction of sp³-hybridized carbons (Fsp3) is 0.615. The Bertz CT molecular complexity index is 238. The Morgan fingerprint density at radius 2 is 2.43 bits per heavy atom. The number of unbranched alkanes of at least 4 members (excludes halogenated alkanes) is 1. The lowest BCUT2D eigenvalue weighted by atomic mass is 9.99. The van der Waals surface area contributed by atoms with E-state index in [1.54, 1.807) is 0 Å². The van der Waals surface area contributed by atoms with E-state index in [9.17, 15) is 4.79 Å². The summed E-state index contributed by atoms with van der Waals surface area (Å²) in [5.41, 5.74) is 1.10. The van der Waals surface area contributed by atoms with Crippen LogP contribution in [0.3, 0.4) is 0 Å². The Balaban J connectivity index is 2.09. The summed E-state index contributed by atoms with van der Waals surface area (Å²) in [5, 5.41) is 0. The molecule has 0 aliphatic heterocycles. The molecule has 1 rings (SSSR count). The highest BCUT2D eigenvalue weighted by molar-refractivity contribution is 5.82. The first kappa shape index (κ1) is 11.2. The molecule has 0 aromatic rings. The largest absolute Gasteiger partial charge is 0.299 e. The summed E-state index contributed by atoms with van der Waals surface area (Å²) >= 11 is 0. The van der Waals surface area contributed by atoms with Gasteiger partial charge in [0, 0.05) is 12.3 Å². The molecule has 0 bridgehead atoms. The van der Waals surface area contributed by atoms with Crippen LogP contribution in [0.4, 0.5) is 0 Å². The van der Waals surface area contributed by atoms with Crippen LogP contribution in [0.15, 0.2) is 24.3 Å². The molecular formula is C13H20O. The zero-order chi connectivity index (χ0) is 10.4. The third-order valence-corrected chi connectivity index (χ3v) is 2.76. The molecule has 1 saturated carbocycles. The zero-order valence-corrected chi connectivity index (χ0v) is 9.09.